The van der Waals surface area contributed by atoms with Gasteiger partial charge < -0.3 is 5.32 Å². The minimum atomic E-state index is -0.407. The predicted molar refractivity (Wildman–Crippen MR) is 75.4 cm³/mol. The highest BCUT2D eigenvalue weighted by molar-refractivity contribution is 9.10. The molecule has 0 saturated carbocycles. The second kappa shape index (κ2) is 5.67. The number of hydrogen-bond acceptors (Lipinski definition) is 2. The number of rotatable bonds is 3. The Morgan fingerprint density at radius 3 is 2.89 bits per heavy atom. The number of benzene rings is 1. The van der Waals surface area contributed by atoms with E-state index in [2.05, 4.69) is 26.2 Å². The van der Waals surface area contributed by atoms with Crippen LogP contribution in [0.1, 0.15) is 11.1 Å². The van der Waals surface area contributed by atoms with Crippen LogP contribution < -0.4 is 5.32 Å². The molecule has 0 bridgehead atoms. The van der Waals surface area contributed by atoms with Gasteiger partial charge in [-0.25, -0.2) is 9.37 Å². The Hall–Kier alpha value is -1.13. The van der Waals surface area contributed by atoms with Crippen LogP contribution >= 0.6 is 27.5 Å². The van der Waals surface area contributed by atoms with Gasteiger partial charge in [-0.1, -0.05) is 17.7 Å². The number of pyridine rings is 1. The van der Waals surface area contributed by atoms with Crippen LogP contribution in [0, 0.1) is 12.7 Å². The Labute approximate surface area is 118 Å². The van der Waals surface area contributed by atoms with Crippen molar-refractivity contribution in [3.05, 3.63) is 56.9 Å². The van der Waals surface area contributed by atoms with Crippen LogP contribution in [0.15, 0.2) is 34.9 Å². The number of halogens is 3. The fraction of sp³-hybridized carbons (Fsp3) is 0.154. The first-order chi connectivity index (χ1) is 8.58. The van der Waals surface area contributed by atoms with E-state index in [-0.39, 0.29) is 5.02 Å². The van der Waals surface area contributed by atoms with Gasteiger partial charge in [-0.3, -0.25) is 0 Å². The van der Waals surface area contributed by atoms with Gasteiger partial charge in [0.2, 0.25) is 0 Å². The molecule has 0 saturated heterocycles. The average Bonchev–Trinajstić information content (AvgIpc) is 2.35. The molecule has 0 atom stereocenters. The van der Waals surface area contributed by atoms with E-state index in [0.29, 0.717) is 6.54 Å². The zero-order chi connectivity index (χ0) is 13.1. The van der Waals surface area contributed by atoms with Gasteiger partial charge in [0.25, 0.3) is 0 Å². The summed E-state index contributed by atoms with van der Waals surface area (Å²) in [6.07, 6.45) is 1.74. The molecule has 1 aromatic carbocycles. The minimum absolute atomic E-state index is 0.130. The van der Waals surface area contributed by atoms with Gasteiger partial charge >= 0.3 is 0 Å². The van der Waals surface area contributed by atoms with E-state index in [4.69, 9.17) is 11.6 Å². The summed E-state index contributed by atoms with van der Waals surface area (Å²) in [5.74, 6) is 0.353. The molecule has 0 fully saturated rings. The van der Waals surface area contributed by atoms with E-state index >= 15 is 0 Å². The van der Waals surface area contributed by atoms with Crippen molar-refractivity contribution in [3.63, 3.8) is 0 Å². The maximum atomic E-state index is 13.0. The Balaban J connectivity index is 2.11. The van der Waals surface area contributed by atoms with Crippen LogP contribution in [-0.4, -0.2) is 4.98 Å². The van der Waals surface area contributed by atoms with Crippen molar-refractivity contribution in [1.29, 1.82) is 0 Å². The Kier molecular flexibility index (Phi) is 4.19. The highest BCUT2D eigenvalue weighted by atomic mass is 79.9. The highest BCUT2D eigenvalue weighted by Gasteiger charge is 2.05. The van der Waals surface area contributed by atoms with E-state index in [1.165, 1.54) is 6.07 Å². The van der Waals surface area contributed by atoms with Crippen LogP contribution in [-0.2, 0) is 6.54 Å². The van der Waals surface area contributed by atoms with Crippen molar-refractivity contribution in [3.8, 4) is 0 Å². The Morgan fingerprint density at radius 1 is 1.39 bits per heavy atom. The highest BCUT2D eigenvalue weighted by Crippen LogP contribution is 2.24. The summed E-state index contributed by atoms with van der Waals surface area (Å²) in [4.78, 5) is 4.23. The molecule has 2 nitrogen and oxygen atoms in total. The summed E-state index contributed by atoms with van der Waals surface area (Å²) >= 11 is 9.19. The fourth-order valence-electron chi connectivity index (χ4n) is 1.50. The Morgan fingerprint density at radius 2 is 2.17 bits per heavy atom. The topological polar surface area (TPSA) is 24.9 Å². The van der Waals surface area contributed by atoms with Gasteiger partial charge in [0.1, 0.15) is 11.6 Å². The fourth-order valence-corrected chi connectivity index (χ4v) is 2.08. The number of nitrogens with one attached hydrogen (secondary N) is 1. The molecule has 0 spiro atoms. The van der Waals surface area contributed by atoms with Crippen molar-refractivity contribution in [1.82, 2.24) is 4.98 Å². The molecule has 5 heteroatoms. The van der Waals surface area contributed by atoms with Crippen LogP contribution in [0.5, 0.6) is 0 Å². The second-order valence-corrected chi connectivity index (χ2v) is 5.09. The van der Waals surface area contributed by atoms with Gasteiger partial charge in [-0.15, -0.1) is 0 Å². The number of aryl methyl sites for hydroxylation is 1. The first-order valence-electron chi connectivity index (χ1n) is 5.37. The number of aromatic nitrogens is 1. The van der Waals surface area contributed by atoms with Gasteiger partial charge in [-0.2, -0.15) is 0 Å². The van der Waals surface area contributed by atoms with Crippen LogP contribution in [0.4, 0.5) is 10.2 Å². The van der Waals surface area contributed by atoms with Crippen LogP contribution in [0.25, 0.3) is 0 Å². The number of hydrogen-bond donors (Lipinski definition) is 1. The quantitative estimate of drug-likeness (QED) is 0.893. The number of anilines is 1. The maximum Gasteiger partial charge on any atom is 0.141 e. The standard InChI is InChI=1S/C13H11BrClFN2/c1-8-4-5-17-13(12(8)14)18-7-9-2-3-11(16)10(15)6-9/h2-6H,7H2,1H3,(H,17,18). The molecule has 2 aromatic rings. The summed E-state index contributed by atoms with van der Waals surface area (Å²) < 4.78 is 13.9. The third-order valence-electron chi connectivity index (χ3n) is 2.53. The largest absolute Gasteiger partial charge is 0.365 e. The van der Waals surface area contributed by atoms with Crippen molar-refractivity contribution in [2.45, 2.75) is 13.5 Å². The molecule has 18 heavy (non-hydrogen) atoms. The van der Waals surface area contributed by atoms with Crippen LogP contribution in [0.2, 0.25) is 5.02 Å². The normalized spacial score (nSPS) is 10.4. The second-order valence-electron chi connectivity index (χ2n) is 3.89. The number of nitrogens with zero attached hydrogens (tertiary/aromatic N) is 1. The van der Waals surface area contributed by atoms with Gasteiger partial charge in [0.05, 0.1) is 9.50 Å². The summed E-state index contributed by atoms with van der Waals surface area (Å²) in [6.45, 7) is 2.53. The monoisotopic (exact) mass is 328 g/mol. The molecule has 0 aliphatic rings. The van der Waals surface area contributed by atoms with E-state index in [0.717, 1.165) is 21.4 Å². The third-order valence-corrected chi connectivity index (χ3v) is 3.82. The molecule has 0 unspecified atom stereocenters. The molecule has 0 aliphatic carbocycles. The van der Waals surface area contributed by atoms with Gasteiger partial charge in [0, 0.05) is 12.7 Å². The van der Waals surface area contributed by atoms with Gasteiger partial charge in [0.15, 0.2) is 0 Å². The van der Waals surface area contributed by atoms with Crippen LogP contribution in [0.3, 0.4) is 0 Å². The molecule has 1 aromatic heterocycles. The summed E-state index contributed by atoms with van der Waals surface area (Å²) in [5, 5.41) is 3.31. The molecule has 0 radical (unpaired) electrons. The lowest BCUT2D eigenvalue weighted by molar-refractivity contribution is 0.627. The zero-order valence-electron chi connectivity index (χ0n) is 9.67. The third kappa shape index (κ3) is 3.00. The summed E-state index contributed by atoms with van der Waals surface area (Å²) in [7, 11) is 0. The lowest BCUT2D eigenvalue weighted by Crippen LogP contribution is -2.02. The molecule has 2 rings (SSSR count). The molecular weight excluding hydrogens is 319 g/mol. The van der Waals surface area contributed by atoms with Gasteiger partial charge in [-0.05, 0) is 52.2 Å². The van der Waals surface area contributed by atoms with Crippen molar-refractivity contribution >= 4 is 33.3 Å². The zero-order valence-corrected chi connectivity index (χ0v) is 12.0. The minimum Gasteiger partial charge on any atom is -0.365 e. The lowest BCUT2D eigenvalue weighted by Gasteiger charge is -2.09. The first-order valence-corrected chi connectivity index (χ1v) is 6.54. The molecule has 94 valence electrons. The van der Waals surface area contributed by atoms with E-state index in [1.807, 2.05) is 13.0 Å². The van der Waals surface area contributed by atoms with E-state index in [9.17, 15) is 4.39 Å². The first kappa shape index (κ1) is 13.3. The summed E-state index contributed by atoms with van der Waals surface area (Å²) in [5.41, 5.74) is 2.00. The maximum absolute atomic E-state index is 13.0. The molecule has 0 amide bonds. The SMILES string of the molecule is Cc1ccnc(NCc2ccc(F)c(Cl)c2)c1Br. The molecule has 0 aliphatic heterocycles. The Bertz CT molecular complexity index is 575. The lowest BCUT2D eigenvalue weighted by atomic mass is 10.2. The van der Waals surface area contributed by atoms with E-state index in [1.54, 1.807) is 18.3 Å². The molecular formula is C13H11BrClFN2. The van der Waals surface area contributed by atoms with Crippen molar-refractivity contribution in [2.75, 3.05) is 5.32 Å². The molecule has 1 heterocycles. The van der Waals surface area contributed by atoms with Crippen molar-refractivity contribution in [2.24, 2.45) is 0 Å². The molecule has 1 N–H and O–H groups in total. The summed E-state index contributed by atoms with van der Waals surface area (Å²) in [6, 6.07) is 6.58. The average molecular weight is 330 g/mol. The van der Waals surface area contributed by atoms with E-state index < -0.39 is 5.82 Å². The predicted octanol–water partition coefficient (Wildman–Crippen LogP) is 4.56. The smallest absolute Gasteiger partial charge is 0.141 e. The van der Waals surface area contributed by atoms with Crippen molar-refractivity contribution < 1.29 is 4.39 Å².